The maximum atomic E-state index is 12.3. The zero-order chi connectivity index (χ0) is 13.2. The smallest absolute Gasteiger partial charge is 0.272 e. The Morgan fingerprint density at radius 3 is 3.00 bits per heavy atom. The molecule has 0 aromatic carbocycles. The number of anilines is 1. The first-order chi connectivity index (χ1) is 8.54. The van der Waals surface area contributed by atoms with Gasteiger partial charge in [0.05, 0.1) is 5.60 Å². The highest BCUT2D eigenvalue weighted by Crippen LogP contribution is 2.24. The number of nitrogens with zero attached hydrogens (tertiary/aromatic N) is 2. The number of hydrogen-bond acceptors (Lipinski definition) is 4. The van der Waals surface area contributed by atoms with E-state index in [0.717, 1.165) is 19.4 Å². The molecule has 5 nitrogen and oxygen atoms in total. The third-order valence-corrected chi connectivity index (χ3v) is 3.43. The molecule has 2 N–H and O–H groups in total. The van der Waals surface area contributed by atoms with Crippen LogP contribution in [0.4, 0.5) is 5.82 Å². The maximum Gasteiger partial charge on any atom is 0.272 e. The summed E-state index contributed by atoms with van der Waals surface area (Å²) in [4.78, 5) is 18.2. The summed E-state index contributed by atoms with van der Waals surface area (Å²) in [5.41, 5.74) is 5.74. The Morgan fingerprint density at radius 1 is 1.56 bits per heavy atom. The van der Waals surface area contributed by atoms with E-state index in [4.69, 9.17) is 10.5 Å². The van der Waals surface area contributed by atoms with Crippen molar-refractivity contribution in [2.45, 2.75) is 25.4 Å². The largest absolute Gasteiger partial charge is 0.384 e. The van der Waals surface area contributed by atoms with Crippen LogP contribution in [0.2, 0.25) is 0 Å². The Bertz CT molecular complexity index is 450. The Morgan fingerprint density at radius 2 is 2.33 bits per heavy atom. The van der Waals surface area contributed by atoms with Crippen molar-refractivity contribution in [1.29, 1.82) is 0 Å². The highest BCUT2D eigenvalue weighted by Gasteiger charge is 2.33. The molecule has 0 spiro atoms. The third-order valence-electron chi connectivity index (χ3n) is 3.43. The predicted octanol–water partition coefficient (Wildman–Crippen LogP) is 1.30. The number of nitrogen functional groups attached to an aromatic ring is 1. The monoisotopic (exact) mass is 249 g/mol. The van der Waals surface area contributed by atoms with E-state index in [9.17, 15) is 4.79 Å². The van der Waals surface area contributed by atoms with Gasteiger partial charge in [0.15, 0.2) is 0 Å². The quantitative estimate of drug-likeness (QED) is 0.858. The molecule has 98 valence electrons. The van der Waals surface area contributed by atoms with Gasteiger partial charge in [-0.3, -0.25) is 4.79 Å². The van der Waals surface area contributed by atoms with E-state index in [1.54, 1.807) is 30.2 Å². The molecule has 1 unspecified atom stereocenters. The predicted molar refractivity (Wildman–Crippen MR) is 69.2 cm³/mol. The van der Waals surface area contributed by atoms with Gasteiger partial charge in [-0.1, -0.05) is 6.07 Å². The van der Waals surface area contributed by atoms with Crippen molar-refractivity contribution in [3.8, 4) is 0 Å². The summed E-state index contributed by atoms with van der Waals surface area (Å²) in [6, 6.07) is 5.11. The molecule has 1 aromatic heterocycles. The van der Waals surface area contributed by atoms with Gasteiger partial charge in [0.2, 0.25) is 0 Å². The van der Waals surface area contributed by atoms with Crippen molar-refractivity contribution in [3.05, 3.63) is 23.9 Å². The lowest BCUT2D eigenvalue weighted by Crippen LogP contribution is -2.49. The van der Waals surface area contributed by atoms with Crippen molar-refractivity contribution in [2.75, 3.05) is 25.9 Å². The topological polar surface area (TPSA) is 68.5 Å². The molecule has 1 aromatic rings. The number of amides is 1. The molecule has 1 amide bonds. The third kappa shape index (κ3) is 2.61. The first kappa shape index (κ1) is 12.8. The summed E-state index contributed by atoms with van der Waals surface area (Å²) in [5, 5.41) is 0. The highest BCUT2D eigenvalue weighted by atomic mass is 16.5. The molecule has 0 radical (unpaired) electrons. The summed E-state index contributed by atoms with van der Waals surface area (Å²) < 4.78 is 5.48. The fourth-order valence-corrected chi connectivity index (χ4v) is 2.28. The number of pyridine rings is 1. The minimum Gasteiger partial charge on any atom is -0.384 e. The first-order valence-corrected chi connectivity index (χ1v) is 6.11. The van der Waals surface area contributed by atoms with E-state index < -0.39 is 0 Å². The van der Waals surface area contributed by atoms with Crippen LogP contribution in [-0.2, 0) is 4.74 Å². The van der Waals surface area contributed by atoms with E-state index >= 15 is 0 Å². The zero-order valence-electron chi connectivity index (χ0n) is 10.8. The summed E-state index contributed by atoms with van der Waals surface area (Å²) in [7, 11) is 1.69. The van der Waals surface area contributed by atoms with E-state index in [1.165, 1.54) is 0 Å². The number of nitrogens with two attached hydrogens (primary N) is 1. The van der Waals surface area contributed by atoms with Crippen molar-refractivity contribution < 1.29 is 9.53 Å². The van der Waals surface area contributed by atoms with Crippen molar-refractivity contribution in [3.63, 3.8) is 0 Å². The minimum absolute atomic E-state index is 0.0784. The molecule has 5 heteroatoms. The van der Waals surface area contributed by atoms with E-state index in [-0.39, 0.29) is 11.5 Å². The fraction of sp³-hybridized carbons (Fsp3) is 0.538. The lowest BCUT2D eigenvalue weighted by Gasteiger charge is -2.39. The van der Waals surface area contributed by atoms with E-state index in [2.05, 4.69) is 4.98 Å². The second-order valence-electron chi connectivity index (χ2n) is 4.93. The number of ether oxygens (including phenoxy) is 1. The number of rotatable bonds is 2. The molecule has 1 saturated heterocycles. The number of piperidine rings is 1. The second-order valence-corrected chi connectivity index (χ2v) is 4.93. The molecule has 1 atom stereocenters. The van der Waals surface area contributed by atoms with Crippen LogP contribution in [0.25, 0.3) is 0 Å². The molecule has 0 saturated carbocycles. The Kier molecular flexibility index (Phi) is 3.52. The maximum absolute atomic E-state index is 12.3. The van der Waals surface area contributed by atoms with E-state index in [1.807, 2.05) is 6.92 Å². The Balaban J connectivity index is 2.14. The molecule has 2 rings (SSSR count). The van der Waals surface area contributed by atoms with Crippen LogP contribution < -0.4 is 5.73 Å². The lowest BCUT2D eigenvalue weighted by atomic mass is 9.94. The molecule has 18 heavy (non-hydrogen) atoms. The Labute approximate surface area is 107 Å². The van der Waals surface area contributed by atoms with Crippen LogP contribution in [0.5, 0.6) is 0 Å². The van der Waals surface area contributed by atoms with Gasteiger partial charge in [-0.25, -0.2) is 4.98 Å². The second kappa shape index (κ2) is 4.94. The molecule has 1 aliphatic rings. The first-order valence-electron chi connectivity index (χ1n) is 6.11. The fourth-order valence-electron chi connectivity index (χ4n) is 2.28. The van der Waals surface area contributed by atoms with Crippen LogP contribution >= 0.6 is 0 Å². The summed E-state index contributed by atoms with van der Waals surface area (Å²) in [6.45, 7) is 3.37. The summed E-state index contributed by atoms with van der Waals surface area (Å²) in [6.07, 6.45) is 1.91. The highest BCUT2D eigenvalue weighted by molar-refractivity contribution is 5.92. The molecule has 2 heterocycles. The van der Waals surface area contributed by atoms with Gasteiger partial charge >= 0.3 is 0 Å². The standard InChI is InChI=1S/C13H19N3O2/c1-13(18-2)7-4-8-16(9-13)12(17)10-5-3-6-11(14)15-10/h3,5-6H,4,7-9H2,1-2H3,(H2,14,15). The van der Waals surface area contributed by atoms with Gasteiger partial charge < -0.3 is 15.4 Å². The molecule has 1 fully saturated rings. The van der Waals surface area contributed by atoms with Crippen LogP contribution in [0.1, 0.15) is 30.3 Å². The summed E-state index contributed by atoms with van der Waals surface area (Å²) >= 11 is 0. The minimum atomic E-state index is -0.256. The number of likely N-dealkylation sites (tertiary alicyclic amines) is 1. The lowest BCUT2D eigenvalue weighted by molar-refractivity contribution is -0.0441. The number of carbonyl (C=O) groups is 1. The molecule has 0 bridgehead atoms. The average molecular weight is 249 g/mol. The van der Waals surface area contributed by atoms with E-state index in [0.29, 0.717) is 18.1 Å². The molecule has 0 aliphatic carbocycles. The van der Waals surface area contributed by atoms with Crippen LogP contribution in [-0.4, -0.2) is 41.6 Å². The van der Waals surface area contributed by atoms with Gasteiger partial charge in [0.1, 0.15) is 11.5 Å². The molecule has 1 aliphatic heterocycles. The Hall–Kier alpha value is -1.62. The van der Waals surface area contributed by atoms with Gasteiger partial charge in [-0.15, -0.1) is 0 Å². The van der Waals surface area contributed by atoms with Gasteiger partial charge in [-0.05, 0) is 31.9 Å². The van der Waals surface area contributed by atoms with Crippen LogP contribution in [0, 0.1) is 0 Å². The average Bonchev–Trinajstić information content (AvgIpc) is 2.38. The van der Waals surface area contributed by atoms with Gasteiger partial charge in [0, 0.05) is 20.2 Å². The van der Waals surface area contributed by atoms with Gasteiger partial charge in [0.25, 0.3) is 5.91 Å². The number of carbonyl (C=O) groups excluding carboxylic acids is 1. The summed E-state index contributed by atoms with van der Waals surface area (Å²) in [5.74, 6) is 0.289. The number of aromatic nitrogens is 1. The molecular weight excluding hydrogens is 230 g/mol. The van der Waals surface area contributed by atoms with Crippen molar-refractivity contribution >= 4 is 11.7 Å². The van der Waals surface area contributed by atoms with Gasteiger partial charge in [-0.2, -0.15) is 0 Å². The molecular formula is C13H19N3O2. The zero-order valence-corrected chi connectivity index (χ0v) is 10.8. The normalized spacial score (nSPS) is 24.0. The van der Waals surface area contributed by atoms with Crippen LogP contribution in [0.15, 0.2) is 18.2 Å². The number of hydrogen-bond donors (Lipinski definition) is 1. The SMILES string of the molecule is COC1(C)CCCN(C(=O)c2cccc(N)n2)C1. The van der Waals surface area contributed by atoms with Crippen molar-refractivity contribution in [2.24, 2.45) is 0 Å². The van der Waals surface area contributed by atoms with Crippen molar-refractivity contribution in [1.82, 2.24) is 9.88 Å². The van der Waals surface area contributed by atoms with Crippen LogP contribution in [0.3, 0.4) is 0 Å². The number of methoxy groups -OCH3 is 1.